The number of hydrogen-bond acceptors (Lipinski definition) is 3. The molecule has 1 fully saturated rings. The maximum Gasteiger partial charge on any atom is 0.219 e. The van der Waals surface area contributed by atoms with Crippen LogP contribution < -0.4 is 5.32 Å². The van der Waals surface area contributed by atoms with Crippen molar-refractivity contribution in [2.45, 2.75) is 44.7 Å². The number of piperidine rings is 1. The van der Waals surface area contributed by atoms with E-state index >= 15 is 0 Å². The Kier molecular flexibility index (Phi) is 3.66. The predicted molar refractivity (Wildman–Crippen MR) is 77.6 cm³/mol. The zero-order valence-electron chi connectivity index (χ0n) is 11.9. The Hall–Kier alpha value is -1.55. The lowest BCUT2D eigenvalue weighted by atomic mass is 10.0. The summed E-state index contributed by atoms with van der Waals surface area (Å²) in [7, 11) is 0. The number of aromatic hydroxyl groups is 1. The standard InChI is InChI=1S/C16H22N2O2/c1-11(19)18-8-6-13(7-9-18)17-16-5-2-12-10-14(20)3-4-15(12)16/h3-4,10,13,16-17,20H,2,5-9H2,1H3. The molecule has 1 heterocycles. The Morgan fingerprint density at radius 1 is 1.30 bits per heavy atom. The molecule has 1 amide bonds. The number of hydrogen-bond donors (Lipinski definition) is 2. The molecular formula is C16H22N2O2. The average Bonchev–Trinajstić information content (AvgIpc) is 2.81. The van der Waals surface area contributed by atoms with Gasteiger partial charge in [0.1, 0.15) is 5.75 Å². The van der Waals surface area contributed by atoms with Crippen LogP contribution in [0.3, 0.4) is 0 Å². The smallest absolute Gasteiger partial charge is 0.219 e. The lowest BCUT2D eigenvalue weighted by Crippen LogP contribution is -2.44. The number of phenols is 1. The molecule has 4 heteroatoms. The van der Waals surface area contributed by atoms with Gasteiger partial charge in [-0.3, -0.25) is 4.79 Å². The number of likely N-dealkylation sites (tertiary alicyclic amines) is 1. The normalized spacial score (nSPS) is 22.9. The second-order valence-electron chi connectivity index (χ2n) is 5.92. The second kappa shape index (κ2) is 5.44. The number of fused-ring (bicyclic) bond motifs is 1. The van der Waals surface area contributed by atoms with Crippen LogP contribution in [0.5, 0.6) is 5.75 Å². The highest BCUT2D eigenvalue weighted by molar-refractivity contribution is 5.73. The van der Waals surface area contributed by atoms with Gasteiger partial charge in [-0.1, -0.05) is 6.07 Å². The molecule has 1 aromatic rings. The van der Waals surface area contributed by atoms with Gasteiger partial charge in [-0.05, 0) is 48.9 Å². The largest absolute Gasteiger partial charge is 0.508 e. The first-order valence-electron chi connectivity index (χ1n) is 7.47. The summed E-state index contributed by atoms with van der Waals surface area (Å²) >= 11 is 0. The first kappa shape index (κ1) is 13.4. The fourth-order valence-corrected chi connectivity index (χ4v) is 3.42. The Bertz CT molecular complexity index is 507. The van der Waals surface area contributed by atoms with Crippen molar-refractivity contribution in [3.05, 3.63) is 29.3 Å². The van der Waals surface area contributed by atoms with Gasteiger partial charge in [0.25, 0.3) is 0 Å². The van der Waals surface area contributed by atoms with Crippen LogP contribution in [0.25, 0.3) is 0 Å². The van der Waals surface area contributed by atoms with Crippen molar-refractivity contribution < 1.29 is 9.90 Å². The quantitative estimate of drug-likeness (QED) is 0.867. The van der Waals surface area contributed by atoms with Gasteiger partial charge in [0.2, 0.25) is 5.91 Å². The number of benzene rings is 1. The van der Waals surface area contributed by atoms with E-state index in [1.807, 2.05) is 17.0 Å². The first-order valence-corrected chi connectivity index (χ1v) is 7.47. The summed E-state index contributed by atoms with van der Waals surface area (Å²) in [5, 5.41) is 13.3. The van der Waals surface area contributed by atoms with E-state index in [1.165, 1.54) is 11.1 Å². The molecule has 1 aliphatic carbocycles. The number of phenolic OH excluding ortho intramolecular Hbond substituents is 1. The van der Waals surface area contributed by atoms with Crippen molar-refractivity contribution in [3.8, 4) is 5.75 Å². The number of amides is 1. The van der Waals surface area contributed by atoms with Crippen LogP contribution >= 0.6 is 0 Å². The first-order chi connectivity index (χ1) is 9.63. The molecule has 0 saturated carbocycles. The predicted octanol–water partition coefficient (Wildman–Crippen LogP) is 1.98. The van der Waals surface area contributed by atoms with Crippen LogP contribution in [0.1, 0.15) is 43.4 Å². The average molecular weight is 274 g/mol. The highest BCUT2D eigenvalue weighted by atomic mass is 16.3. The van der Waals surface area contributed by atoms with E-state index in [-0.39, 0.29) is 5.91 Å². The molecule has 20 heavy (non-hydrogen) atoms. The van der Waals surface area contributed by atoms with Gasteiger partial charge in [0.15, 0.2) is 0 Å². The molecule has 0 spiro atoms. The van der Waals surface area contributed by atoms with E-state index < -0.39 is 0 Å². The van der Waals surface area contributed by atoms with Gasteiger partial charge >= 0.3 is 0 Å². The van der Waals surface area contributed by atoms with Crippen molar-refractivity contribution >= 4 is 5.91 Å². The molecule has 1 atom stereocenters. The van der Waals surface area contributed by atoms with Gasteiger partial charge in [0, 0.05) is 32.1 Å². The maximum absolute atomic E-state index is 11.3. The Balaban J connectivity index is 1.60. The zero-order chi connectivity index (χ0) is 14.1. The zero-order valence-corrected chi connectivity index (χ0v) is 11.9. The third-order valence-electron chi connectivity index (χ3n) is 4.58. The van der Waals surface area contributed by atoms with E-state index in [9.17, 15) is 9.90 Å². The summed E-state index contributed by atoms with van der Waals surface area (Å²) in [5.41, 5.74) is 2.60. The highest BCUT2D eigenvalue weighted by Crippen LogP contribution is 2.34. The molecule has 108 valence electrons. The maximum atomic E-state index is 11.3. The molecule has 1 unspecified atom stereocenters. The van der Waals surface area contributed by atoms with E-state index in [1.54, 1.807) is 13.0 Å². The fraction of sp³-hybridized carbons (Fsp3) is 0.562. The number of nitrogens with one attached hydrogen (secondary N) is 1. The minimum absolute atomic E-state index is 0.185. The van der Waals surface area contributed by atoms with E-state index in [0.717, 1.165) is 38.8 Å². The molecule has 2 N–H and O–H groups in total. The molecule has 1 saturated heterocycles. The molecular weight excluding hydrogens is 252 g/mol. The number of carbonyl (C=O) groups is 1. The van der Waals surface area contributed by atoms with Crippen molar-refractivity contribution in [1.82, 2.24) is 10.2 Å². The van der Waals surface area contributed by atoms with Crippen LogP contribution in [0.15, 0.2) is 18.2 Å². The molecule has 0 aromatic heterocycles. The number of carbonyl (C=O) groups excluding carboxylic acids is 1. The summed E-state index contributed by atoms with van der Waals surface area (Å²) in [4.78, 5) is 13.3. The van der Waals surface area contributed by atoms with E-state index in [4.69, 9.17) is 0 Å². The summed E-state index contributed by atoms with van der Waals surface area (Å²) in [6.07, 6.45) is 4.20. The summed E-state index contributed by atoms with van der Waals surface area (Å²) in [6.45, 7) is 3.37. The second-order valence-corrected chi connectivity index (χ2v) is 5.92. The highest BCUT2D eigenvalue weighted by Gasteiger charge is 2.27. The number of aryl methyl sites for hydroxylation is 1. The van der Waals surface area contributed by atoms with Gasteiger partial charge in [-0.2, -0.15) is 0 Å². The summed E-state index contributed by atoms with van der Waals surface area (Å²) < 4.78 is 0. The van der Waals surface area contributed by atoms with Crippen LogP contribution in [0, 0.1) is 0 Å². The number of rotatable bonds is 2. The molecule has 1 aliphatic heterocycles. The molecule has 4 nitrogen and oxygen atoms in total. The van der Waals surface area contributed by atoms with Crippen molar-refractivity contribution in [1.29, 1.82) is 0 Å². The topological polar surface area (TPSA) is 52.6 Å². The molecule has 0 bridgehead atoms. The molecule has 1 aromatic carbocycles. The lowest BCUT2D eigenvalue weighted by Gasteiger charge is -2.33. The minimum Gasteiger partial charge on any atom is -0.508 e. The van der Waals surface area contributed by atoms with Crippen LogP contribution in [0.2, 0.25) is 0 Å². The van der Waals surface area contributed by atoms with Crippen molar-refractivity contribution in [2.24, 2.45) is 0 Å². The Morgan fingerprint density at radius 2 is 2.05 bits per heavy atom. The van der Waals surface area contributed by atoms with E-state index in [0.29, 0.717) is 17.8 Å². The van der Waals surface area contributed by atoms with Crippen LogP contribution in [-0.2, 0) is 11.2 Å². The molecule has 2 aliphatic rings. The van der Waals surface area contributed by atoms with Gasteiger partial charge in [-0.15, -0.1) is 0 Å². The van der Waals surface area contributed by atoms with Crippen LogP contribution in [-0.4, -0.2) is 35.0 Å². The monoisotopic (exact) mass is 274 g/mol. The SMILES string of the molecule is CC(=O)N1CCC(NC2CCc3cc(O)ccc32)CC1. The van der Waals surface area contributed by atoms with Crippen molar-refractivity contribution in [2.75, 3.05) is 13.1 Å². The van der Waals surface area contributed by atoms with Crippen molar-refractivity contribution in [3.63, 3.8) is 0 Å². The van der Waals surface area contributed by atoms with Gasteiger partial charge in [-0.25, -0.2) is 0 Å². The van der Waals surface area contributed by atoms with Crippen LogP contribution in [0.4, 0.5) is 0 Å². The summed E-state index contributed by atoms with van der Waals surface area (Å²) in [5.74, 6) is 0.546. The molecule has 3 rings (SSSR count). The molecule has 0 radical (unpaired) electrons. The lowest BCUT2D eigenvalue weighted by molar-refractivity contribution is -0.129. The van der Waals surface area contributed by atoms with Gasteiger partial charge < -0.3 is 15.3 Å². The Labute approximate surface area is 119 Å². The van der Waals surface area contributed by atoms with Gasteiger partial charge in [0.05, 0.1) is 0 Å². The summed E-state index contributed by atoms with van der Waals surface area (Å²) in [6, 6.07) is 6.60. The number of nitrogens with zero attached hydrogens (tertiary/aromatic N) is 1. The van der Waals surface area contributed by atoms with E-state index in [2.05, 4.69) is 5.32 Å². The third-order valence-corrected chi connectivity index (χ3v) is 4.58. The Morgan fingerprint density at radius 3 is 2.75 bits per heavy atom. The third kappa shape index (κ3) is 2.66. The fourth-order valence-electron chi connectivity index (χ4n) is 3.42. The minimum atomic E-state index is 0.185.